The fraction of sp³-hybridized carbons (Fsp3) is 1.00. The Morgan fingerprint density at radius 1 is 1.40 bits per heavy atom. The van der Waals surface area contributed by atoms with Crippen LogP contribution in [0.5, 0.6) is 0 Å². The molecule has 1 rings (SSSR count). The van der Waals surface area contributed by atoms with Crippen LogP contribution in [0.25, 0.3) is 0 Å². The molecule has 1 fully saturated rings. The molecule has 0 radical (unpaired) electrons. The van der Waals surface area contributed by atoms with Gasteiger partial charge in [-0.05, 0) is 20.0 Å². The van der Waals surface area contributed by atoms with Gasteiger partial charge in [0, 0.05) is 12.0 Å². The second-order valence-electron chi connectivity index (χ2n) is 3.26. The van der Waals surface area contributed by atoms with E-state index >= 15 is 0 Å². The van der Waals surface area contributed by atoms with E-state index in [1.54, 1.807) is 0 Å². The molecule has 0 aromatic heterocycles. The highest BCUT2D eigenvalue weighted by molar-refractivity contribution is 4.87. The second kappa shape index (κ2) is 2.82. The molecule has 1 saturated heterocycles. The summed E-state index contributed by atoms with van der Waals surface area (Å²) in [5.41, 5.74) is -0.658. The van der Waals surface area contributed by atoms with Gasteiger partial charge in [0.25, 0.3) is 0 Å². The average Bonchev–Trinajstić information content (AvgIpc) is 2.33. The van der Waals surface area contributed by atoms with Crippen molar-refractivity contribution in [3.63, 3.8) is 0 Å². The molecule has 1 nitrogen and oxygen atoms in total. The Bertz CT molecular complexity index is 112. The summed E-state index contributed by atoms with van der Waals surface area (Å²) in [6.07, 6.45) is 0.663. The van der Waals surface area contributed by atoms with Gasteiger partial charge in [-0.15, -0.1) is 0 Å². The molecule has 0 unspecified atom stereocenters. The van der Waals surface area contributed by atoms with Crippen LogP contribution in [0.15, 0.2) is 0 Å². The summed E-state index contributed by atoms with van der Waals surface area (Å²) in [5, 5.41) is 0. The number of rotatable bonds is 2. The molecule has 0 spiro atoms. The van der Waals surface area contributed by atoms with Crippen molar-refractivity contribution in [2.45, 2.75) is 6.42 Å². The van der Waals surface area contributed by atoms with Crippen LogP contribution in [-0.2, 0) is 0 Å². The number of alkyl halides is 2. The Kier molecular flexibility index (Phi) is 2.24. The van der Waals surface area contributed by atoms with Crippen molar-refractivity contribution in [3.05, 3.63) is 0 Å². The van der Waals surface area contributed by atoms with E-state index < -0.39 is 18.8 Å². The maximum Gasteiger partial charge on any atom is 0.0988 e. The number of nitrogens with zero attached hydrogens (tertiary/aromatic N) is 1. The van der Waals surface area contributed by atoms with Crippen LogP contribution in [0.3, 0.4) is 0 Å². The fourth-order valence-electron chi connectivity index (χ4n) is 1.41. The molecule has 0 N–H and O–H groups in total. The molecule has 0 aromatic carbocycles. The molecule has 0 atom stereocenters. The first-order valence-electron chi connectivity index (χ1n) is 3.53. The van der Waals surface area contributed by atoms with Gasteiger partial charge in [0.1, 0.15) is 0 Å². The van der Waals surface area contributed by atoms with E-state index in [2.05, 4.69) is 0 Å². The molecular weight excluding hydrogens is 136 g/mol. The minimum absolute atomic E-state index is 0.520. The number of hydrogen-bond donors (Lipinski definition) is 0. The molecule has 0 aromatic rings. The van der Waals surface area contributed by atoms with Gasteiger partial charge in [0.2, 0.25) is 0 Å². The minimum atomic E-state index is -0.658. The highest BCUT2D eigenvalue weighted by Gasteiger charge is 2.36. The van der Waals surface area contributed by atoms with E-state index in [1.165, 1.54) is 0 Å². The van der Waals surface area contributed by atoms with Crippen LogP contribution in [0, 0.1) is 5.41 Å². The monoisotopic (exact) mass is 149 g/mol. The largest absolute Gasteiger partial charge is 0.306 e. The van der Waals surface area contributed by atoms with Crippen LogP contribution in [0.1, 0.15) is 6.42 Å². The van der Waals surface area contributed by atoms with Gasteiger partial charge in [-0.3, -0.25) is 8.78 Å². The predicted octanol–water partition coefficient (Wildman–Crippen LogP) is 1.25. The van der Waals surface area contributed by atoms with Gasteiger partial charge in [-0.1, -0.05) is 0 Å². The van der Waals surface area contributed by atoms with E-state index in [-0.39, 0.29) is 0 Å². The van der Waals surface area contributed by atoms with Crippen molar-refractivity contribution in [3.8, 4) is 0 Å². The molecular formula is C7H13F2N. The topological polar surface area (TPSA) is 3.24 Å². The number of likely N-dealkylation sites (tertiary alicyclic amines) is 1. The Morgan fingerprint density at radius 3 is 2.20 bits per heavy atom. The zero-order valence-electron chi connectivity index (χ0n) is 6.24. The molecule has 0 bridgehead atoms. The Labute approximate surface area is 60.0 Å². The first-order valence-corrected chi connectivity index (χ1v) is 3.53. The average molecular weight is 149 g/mol. The lowest BCUT2D eigenvalue weighted by Crippen LogP contribution is -2.29. The summed E-state index contributed by atoms with van der Waals surface area (Å²) < 4.78 is 24.5. The smallest absolute Gasteiger partial charge is 0.0988 e. The quantitative estimate of drug-likeness (QED) is 0.571. The summed E-state index contributed by atoms with van der Waals surface area (Å²) in [6.45, 7) is 0.357. The first kappa shape index (κ1) is 7.92. The van der Waals surface area contributed by atoms with E-state index in [4.69, 9.17) is 0 Å². The van der Waals surface area contributed by atoms with Crippen LogP contribution in [-0.4, -0.2) is 38.4 Å². The Morgan fingerprint density at radius 2 is 2.00 bits per heavy atom. The molecule has 0 aliphatic carbocycles. The van der Waals surface area contributed by atoms with E-state index in [0.29, 0.717) is 13.0 Å². The summed E-state index contributed by atoms with van der Waals surface area (Å²) >= 11 is 0. The van der Waals surface area contributed by atoms with Crippen LogP contribution < -0.4 is 0 Å². The Balaban J connectivity index is 2.51. The first-order chi connectivity index (χ1) is 4.72. The maximum absolute atomic E-state index is 12.3. The van der Waals surface area contributed by atoms with Crippen molar-refractivity contribution in [1.82, 2.24) is 4.90 Å². The lowest BCUT2D eigenvalue weighted by atomic mass is 9.91. The van der Waals surface area contributed by atoms with Crippen LogP contribution >= 0.6 is 0 Å². The zero-order valence-corrected chi connectivity index (χ0v) is 6.24. The lowest BCUT2D eigenvalue weighted by Gasteiger charge is -2.20. The molecule has 1 aliphatic heterocycles. The minimum Gasteiger partial charge on any atom is -0.306 e. The maximum atomic E-state index is 12.3. The van der Waals surface area contributed by atoms with Gasteiger partial charge >= 0.3 is 0 Å². The summed E-state index contributed by atoms with van der Waals surface area (Å²) in [6, 6.07) is 0. The normalized spacial score (nSPS) is 25.5. The molecule has 0 amide bonds. The third-order valence-electron chi connectivity index (χ3n) is 2.20. The summed E-state index contributed by atoms with van der Waals surface area (Å²) in [4.78, 5) is 1.97. The highest BCUT2D eigenvalue weighted by Crippen LogP contribution is 2.30. The summed E-state index contributed by atoms with van der Waals surface area (Å²) in [5.74, 6) is 0. The zero-order chi connectivity index (χ0) is 7.61. The summed E-state index contributed by atoms with van der Waals surface area (Å²) in [7, 11) is 1.90. The Hall–Kier alpha value is -0.180. The molecule has 1 heterocycles. The van der Waals surface area contributed by atoms with Crippen molar-refractivity contribution in [2.24, 2.45) is 5.41 Å². The molecule has 1 aliphatic rings. The van der Waals surface area contributed by atoms with Crippen LogP contribution in [0.2, 0.25) is 0 Å². The number of hydrogen-bond acceptors (Lipinski definition) is 1. The fourth-order valence-corrected chi connectivity index (χ4v) is 1.41. The van der Waals surface area contributed by atoms with Crippen molar-refractivity contribution < 1.29 is 8.78 Å². The van der Waals surface area contributed by atoms with Gasteiger partial charge in [-0.25, -0.2) is 0 Å². The van der Waals surface area contributed by atoms with Crippen molar-refractivity contribution in [2.75, 3.05) is 33.5 Å². The third kappa shape index (κ3) is 1.29. The van der Waals surface area contributed by atoms with Gasteiger partial charge in [0.05, 0.1) is 13.3 Å². The van der Waals surface area contributed by atoms with E-state index in [9.17, 15) is 8.78 Å². The molecule has 60 valence electrons. The second-order valence-corrected chi connectivity index (χ2v) is 3.26. The van der Waals surface area contributed by atoms with Gasteiger partial charge in [0.15, 0.2) is 0 Å². The molecule has 0 saturated carbocycles. The molecule has 3 heteroatoms. The third-order valence-corrected chi connectivity index (χ3v) is 2.20. The van der Waals surface area contributed by atoms with Crippen molar-refractivity contribution >= 4 is 0 Å². The van der Waals surface area contributed by atoms with Gasteiger partial charge < -0.3 is 4.90 Å². The lowest BCUT2D eigenvalue weighted by molar-refractivity contribution is 0.160. The van der Waals surface area contributed by atoms with Gasteiger partial charge in [-0.2, -0.15) is 0 Å². The van der Waals surface area contributed by atoms with E-state index in [0.717, 1.165) is 6.54 Å². The number of halogens is 2. The molecule has 10 heavy (non-hydrogen) atoms. The standard InChI is InChI=1S/C7H13F2N/c1-10-3-2-7(4-8,5-9)6-10/h2-6H2,1H3. The van der Waals surface area contributed by atoms with Crippen molar-refractivity contribution in [1.29, 1.82) is 0 Å². The highest BCUT2D eigenvalue weighted by atomic mass is 19.1. The van der Waals surface area contributed by atoms with Crippen LogP contribution in [0.4, 0.5) is 8.78 Å². The predicted molar refractivity (Wildman–Crippen MR) is 36.5 cm³/mol. The SMILES string of the molecule is CN1CCC(CF)(CF)C1. The van der Waals surface area contributed by atoms with E-state index in [1.807, 2.05) is 11.9 Å².